The van der Waals surface area contributed by atoms with Crippen molar-refractivity contribution in [2.45, 2.75) is 5.88 Å². The molecule has 0 fully saturated rings. The lowest BCUT2D eigenvalue weighted by atomic mass is 10.2. The number of nitrogens with zero attached hydrogens (tertiary/aromatic N) is 3. The molecule has 0 amide bonds. The van der Waals surface area contributed by atoms with Crippen LogP contribution in [-0.4, -0.2) is 9.55 Å². The quantitative estimate of drug-likeness (QED) is 0.627. The first-order chi connectivity index (χ1) is 10.2. The fraction of sp³-hybridized carbons (Fsp3) is 0.0667. The lowest BCUT2D eigenvalue weighted by Crippen LogP contribution is -2.01. The first-order valence-corrected chi connectivity index (χ1v) is 7.40. The zero-order chi connectivity index (χ0) is 15.0. The number of para-hydroxylation sites is 1. The van der Waals surface area contributed by atoms with Gasteiger partial charge in [0.05, 0.1) is 32.6 Å². The van der Waals surface area contributed by atoms with Gasteiger partial charge in [-0.15, -0.1) is 11.6 Å². The number of hydrogen-bond acceptors (Lipinski definition) is 2. The van der Waals surface area contributed by atoms with E-state index in [9.17, 15) is 9.65 Å². The summed E-state index contributed by atoms with van der Waals surface area (Å²) in [6, 6.07) is 12.2. The molecule has 0 atom stereocenters. The minimum Gasteiger partial charge on any atom is -0.294 e. The van der Waals surface area contributed by atoms with E-state index in [-0.39, 0.29) is 11.7 Å². The summed E-state index contributed by atoms with van der Waals surface area (Å²) in [6.45, 7) is 0. The Kier molecular flexibility index (Phi) is 3.66. The van der Waals surface area contributed by atoms with Gasteiger partial charge in [0.2, 0.25) is 0 Å². The molecule has 3 aromatic rings. The second-order valence-electron chi connectivity index (χ2n) is 4.38. The van der Waals surface area contributed by atoms with Crippen LogP contribution in [0.5, 0.6) is 0 Å². The summed E-state index contributed by atoms with van der Waals surface area (Å²) in [4.78, 5) is 4.41. The number of aromatic nitrogens is 2. The molecule has 21 heavy (non-hydrogen) atoms. The van der Waals surface area contributed by atoms with Crippen molar-refractivity contribution in [3.05, 3.63) is 58.1 Å². The molecule has 1 aromatic heterocycles. The van der Waals surface area contributed by atoms with Crippen LogP contribution in [0.3, 0.4) is 0 Å². The van der Waals surface area contributed by atoms with Crippen molar-refractivity contribution >= 4 is 38.6 Å². The maximum atomic E-state index is 13.9. The standard InChI is InChI=1S/C15H8BrClFN3/c16-10-5-12-14(6-11(10)18)21(15(7-17)20-12)13-4-2-1-3-9(13)8-19/h1-6H,7H2. The highest BCUT2D eigenvalue weighted by atomic mass is 79.9. The molecule has 3 nitrogen and oxygen atoms in total. The molecule has 2 aromatic carbocycles. The molecule has 0 saturated carbocycles. The van der Waals surface area contributed by atoms with E-state index < -0.39 is 0 Å². The summed E-state index contributed by atoms with van der Waals surface area (Å²) in [5.74, 6) is 0.333. The third-order valence-electron chi connectivity index (χ3n) is 3.15. The second-order valence-corrected chi connectivity index (χ2v) is 5.50. The van der Waals surface area contributed by atoms with E-state index in [1.807, 2.05) is 6.07 Å². The fourth-order valence-electron chi connectivity index (χ4n) is 2.24. The summed E-state index contributed by atoms with van der Waals surface area (Å²) < 4.78 is 15.9. The van der Waals surface area contributed by atoms with E-state index in [1.165, 1.54) is 6.07 Å². The normalized spacial score (nSPS) is 10.8. The third kappa shape index (κ3) is 2.31. The molecule has 0 unspecified atom stereocenters. The van der Waals surface area contributed by atoms with Gasteiger partial charge in [0.15, 0.2) is 0 Å². The molecule has 0 aliphatic rings. The maximum Gasteiger partial charge on any atom is 0.139 e. The molecule has 0 spiro atoms. The van der Waals surface area contributed by atoms with E-state index >= 15 is 0 Å². The number of nitriles is 1. The number of alkyl halides is 1. The van der Waals surface area contributed by atoms with Gasteiger partial charge in [-0.05, 0) is 34.1 Å². The highest BCUT2D eigenvalue weighted by Crippen LogP contribution is 2.28. The molecule has 1 heterocycles. The molecule has 3 rings (SSSR count). The van der Waals surface area contributed by atoms with Crippen LogP contribution < -0.4 is 0 Å². The Labute approximate surface area is 133 Å². The van der Waals surface area contributed by atoms with Gasteiger partial charge >= 0.3 is 0 Å². The number of rotatable bonds is 2. The lowest BCUT2D eigenvalue weighted by molar-refractivity contribution is 0.622. The molecule has 0 aliphatic carbocycles. The van der Waals surface area contributed by atoms with Gasteiger partial charge in [-0.25, -0.2) is 9.37 Å². The van der Waals surface area contributed by atoms with E-state index in [0.717, 1.165) is 0 Å². The Morgan fingerprint density at radius 3 is 2.81 bits per heavy atom. The Morgan fingerprint density at radius 2 is 2.10 bits per heavy atom. The molecule has 0 N–H and O–H groups in total. The molecule has 0 radical (unpaired) electrons. The average molecular weight is 365 g/mol. The van der Waals surface area contributed by atoms with Crippen LogP contribution in [0.2, 0.25) is 0 Å². The number of fused-ring (bicyclic) bond motifs is 1. The van der Waals surface area contributed by atoms with Crippen molar-refractivity contribution in [2.75, 3.05) is 0 Å². The van der Waals surface area contributed by atoms with E-state index in [0.29, 0.717) is 32.6 Å². The van der Waals surface area contributed by atoms with Crippen LogP contribution in [-0.2, 0) is 5.88 Å². The van der Waals surface area contributed by atoms with Crippen molar-refractivity contribution in [3.8, 4) is 11.8 Å². The highest BCUT2D eigenvalue weighted by molar-refractivity contribution is 9.10. The largest absolute Gasteiger partial charge is 0.294 e. The van der Waals surface area contributed by atoms with Gasteiger partial charge < -0.3 is 0 Å². The van der Waals surface area contributed by atoms with Gasteiger partial charge in [-0.3, -0.25) is 4.57 Å². The molecule has 6 heteroatoms. The van der Waals surface area contributed by atoms with Gasteiger partial charge in [0.25, 0.3) is 0 Å². The Hall–Kier alpha value is -1.90. The van der Waals surface area contributed by atoms with Crippen LogP contribution in [0.25, 0.3) is 16.7 Å². The number of halogens is 3. The van der Waals surface area contributed by atoms with Crippen LogP contribution in [0.15, 0.2) is 40.9 Å². The first kappa shape index (κ1) is 14.1. The van der Waals surface area contributed by atoms with E-state index in [4.69, 9.17) is 11.6 Å². The average Bonchev–Trinajstić information content (AvgIpc) is 2.85. The van der Waals surface area contributed by atoms with Crippen molar-refractivity contribution in [2.24, 2.45) is 0 Å². The summed E-state index contributed by atoms with van der Waals surface area (Å²) >= 11 is 9.10. The van der Waals surface area contributed by atoms with Crippen molar-refractivity contribution in [1.82, 2.24) is 9.55 Å². The molecule has 0 saturated heterocycles. The Balaban J connectivity index is 2.41. The summed E-state index contributed by atoms with van der Waals surface area (Å²) in [5, 5.41) is 9.25. The predicted octanol–water partition coefficient (Wildman–Crippen LogP) is 4.54. The number of imidazole rings is 1. The topological polar surface area (TPSA) is 41.6 Å². The van der Waals surface area contributed by atoms with Crippen LogP contribution in [0.4, 0.5) is 4.39 Å². The minimum atomic E-state index is -0.390. The minimum absolute atomic E-state index is 0.160. The molecule has 0 bridgehead atoms. The zero-order valence-electron chi connectivity index (χ0n) is 10.6. The van der Waals surface area contributed by atoms with Crippen LogP contribution >= 0.6 is 27.5 Å². The number of benzene rings is 2. The smallest absolute Gasteiger partial charge is 0.139 e. The second kappa shape index (κ2) is 5.47. The molecular formula is C15H8BrClFN3. The van der Waals surface area contributed by atoms with Crippen LogP contribution in [0.1, 0.15) is 11.4 Å². The van der Waals surface area contributed by atoms with E-state index in [2.05, 4.69) is 27.0 Å². The molecule has 104 valence electrons. The summed E-state index contributed by atoms with van der Waals surface area (Å²) in [7, 11) is 0. The van der Waals surface area contributed by atoms with Crippen molar-refractivity contribution < 1.29 is 4.39 Å². The van der Waals surface area contributed by atoms with Gasteiger partial charge in [-0.2, -0.15) is 5.26 Å². The van der Waals surface area contributed by atoms with Crippen molar-refractivity contribution in [1.29, 1.82) is 5.26 Å². The Morgan fingerprint density at radius 1 is 1.33 bits per heavy atom. The van der Waals surface area contributed by atoms with Crippen molar-refractivity contribution in [3.63, 3.8) is 0 Å². The number of hydrogen-bond donors (Lipinski definition) is 0. The molecule has 0 aliphatic heterocycles. The van der Waals surface area contributed by atoms with E-state index in [1.54, 1.807) is 28.8 Å². The first-order valence-electron chi connectivity index (χ1n) is 6.07. The third-order valence-corrected chi connectivity index (χ3v) is 4.00. The SMILES string of the molecule is N#Cc1ccccc1-n1c(CCl)nc2cc(Br)c(F)cc21. The monoisotopic (exact) mass is 363 g/mol. The van der Waals surface area contributed by atoms with Gasteiger partial charge in [0.1, 0.15) is 17.7 Å². The fourth-order valence-corrected chi connectivity index (χ4v) is 2.75. The maximum absolute atomic E-state index is 13.9. The Bertz CT molecular complexity index is 882. The molecular weight excluding hydrogens is 357 g/mol. The lowest BCUT2D eigenvalue weighted by Gasteiger charge is -2.09. The van der Waals surface area contributed by atoms with Gasteiger partial charge in [-0.1, -0.05) is 12.1 Å². The van der Waals surface area contributed by atoms with Gasteiger partial charge in [0, 0.05) is 6.07 Å². The highest BCUT2D eigenvalue weighted by Gasteiger charge is 2.16. The summed E-state index contributed by atoms with van der Waals surface area (Å²) in [6.07, 6.45) is 0. The van der Waals surface area contributed by atoms with Crippen LogP contribution in [0, 0.1) is 17.1 Å². The zero-order valence-corrected chi connectivity index (χ0v) is 13.0. The predicted molar refractivity (Wildman–Crippen MR) is 83.0 cm³/mol. The summed E-state index contributed by atoms with van der Waals surface area (Å²) in [5.41, 5.74) is 2.31.